The molecule has 0 bridgehead atoms. The topological polar surface area (TPSA) is 20.2 Å². The molecule has 0 amide bonds. The Balaban J connectivity index is 3.44. The zero-order valence-electron chi connectivity index (χ0n) is 7.34. The number of aliphatic hydroxyl groups is 1. The maximum absolute atomic E-state index is 9.21. The number of aliphatic hydroxyl groups excluding tert-OH is 1. The van der Waals surface area contributed by atoms with Gasteiger partial charge in [0.2, 0.25) is 0 Å². The molecule has 1 atom stereocenters. The number of hydrogen-bond donors (Lipinski definition) is 1. The van der Waals surface area contributed by atoms with E-state index in [2.05, 4.69) is 20.1 Å². The van der Waals surface area contributed by atoms with Crippen molar-refractivity contribution in [2.75, 3.05) is 0 Å². The summed E-state index contributed by atoms with van der Waals surface area (Å²) in [6.45, 7) is 9.43. The van der Waals surface area contributed by atoms with Crippen molar-refractivity contribution in [1.29, 1.82) is 0 Å². The van der Waals surface area contributed by atoms with Gasteiger partial charge >= 0.3 is 0 Å². The van der Waals surface area contributed by atoms with Gasteiger partial charge in [-0.25, -0.2) is 0 Å². The van der Waals surface area contributed by atoms with Crippen LogP contribution in [0.2, 0.25) is 0 Å². The minimum atomic E-state index is -0.508. The lowest BCUT2D eigenvalue weighted by molar-refractivity contribution is 0.254. The Morgan fingerprint density at radius 3 is 2.64 bits per heavy atom. The zero-order chi connectivity index (χ0) is 8.69. The molecular weight excluding hydrogens is 136 g/mol. The smallest absolute Gasteiger partial charge is 0.0926 e. The summed E-state index contributed by atoms with van der Waals surface area (Å²) < 4.78 is 0. The highest BCUT2D eigenvalue weighted by Crippen LogP contribution is 2.10. The van der Waals surface area contributed by atoms with E-state index in [0.717, 1.165) is 18.4 Å². The highest BCUT2D eigenvalue weighted by molar-refractivity contribution is 5.08. The second-order valence-corrected chi connectivity index (χ2v) is 2.80. The van der Waals surface area contributed by atoms with Crippen LogP contribution < -0.4 is 0 Å². The van der Waals surface area contributed by atoms with E-state index in [0.29, 0.717) is 0 Å². The molecule has 1 N–H and O–H groups in total. The maximum Gasteiger partial charge on any atom is 0.0926 e. The summed E-state index contributed by atoms with van der Waals surface area (Å²) >= 11 is 0. The van der Waals surface area contributed by atoms with E-state index >= 15 is 0 Å². The van der Waals surface area contributed by atoms with Gasteiger partial charge in [0, 0.05) is 0 Å². The first-order valence-corrected chi connectivity index (χ1v) is 4.20. The Bertz CT molecular complexity index is 127. The third-order valence-corrected chi connectivity index (χ3v) is 1.74. The minimum absolute atomic E-state index is 0.508. The Hall–Kier alpha value is -0.560. The fourth-order valence-corrected chi connectivity index (χ4v) is 0.917. The molecular formula is C10H18O. The molecule has 11 heavy (non-hydrogen) atoms. The summed E-state index contributed by atoms with van der Waals surface area (Å²) in [6.07, 6.45) is 5.47. The van der Waals surface area contributed by atoms with Crippen molar-refractivity contribution in [2.45, 2.75) is 38.7 Å². The van der Waals surface area contributed by atoms with Crippen molar-refractivity contribution in [3.05, 3.63) is 24.8 Å². The van der Waals surface area contributed by atoms with Crippen LogP contribution in [-0.4, -0.2) is 11.2 Å². The van der Waals surface area contributed by atoms with Crippen LogP contribution in [0.15, 0.2) is 24.8 Å². The first-order valence-electron chi connectivity index (χ1n) is 4.20. The summed E-state index contributed by atoms with van der Waals surface area (Å²) in [6, 6.07) is 0. The van der Waals surface area contributed by atoms with Crippen molar-refractivity contribution >= 4 is 0 Å². The molecule has 1 nitrogen and oxygen atoms in total. The number of hydrogen-bond acceptors (Lipinski definition) is 1. The molecule has 0 aliphatic heterocycles. The highest BCUT2D eigenvalue weighted by atomic mass is 16.3. The SMILES string of the molecule is C=CC(O)C(=C)CCCCC. The van der Waals surface area contributed by atoms with E-state index in [4.69, 9.17) is 0 Å². The van der Waals surface area contributed by atoms with Crippen LogP contribution in [0.3, 0.4) is 0 Å². The maximum atomic E-state index is 9.21. The average molecular weight is 154 g/mol. The number of rotatable bonds is 6. The third-order valence-electron chi connectivity index (χ3n) is 1.74. The normalized spacial score (nSPS) is 12.5. The standard InChI is InChI=1S/C10H18O/c1-4-6-7-8-9(3)10(11)5-2/h5,10-11H,2-4,6-8H2,1H3. The Morgan fingerprint density at radius 2 is 2.18 bits per heavy atom. The zero-order valence-corrected chi connectivity index (χ0v) is 7.34. The molecule has 0 fully saturated rings. The van der Waals surface area contributed by atoms with Gasteiger partial charge in [-0.05, 0) is 18.4 Å². The summed E-state index contributed by atoms with van der Waals surface area (Å²) in [5.41, 5.74) is 0.883. The van der Waals surface area contributed by atoms with Crippen LogP contribution in [0.1, 0.15) is 32.6 Å². The second kappa shape index (κ2) is 6.17. The van der Waals surface area contributed by atoms with E-state index in [1.807, 2.05) is 0 Å². The van der Waals surface area contributed by atoms with Crippen molar-refractivity contribution in [3.63, 3.8) is 0 Å². The van der Waals surface area contributed by atoms with E-state index in [9.17, 15) is 5.11 Å². The van der Waals surface area contributed by atoms with Gasteiger partial charge in [0.05, 0.1) is 6.10 Å². The van der Waals surface area contributed by atoms with Gasteiger partial charge in [0.1, 0.15) is 0 Å². The molecule has 1 unspecified atom stereocenters. The van der Waals surface area contributed by atoms with Crippen LogP contribution in [0.5, 0.6) is 0 Å². The Kier molecular flexibility index (Phi) is 5.86. The largest absolute Gasteiger partial charge is 0.385 e. The fourth-order valence-electron chi connectivity index (χ4n) is 0.917. The first-order chi connectivity index (χ1) is 5.22. The molecule has 0 aromatic heterocycles. The third kappa shape index (κ3) is 4.79. The average Bonchev–Trinajstić information content (AvgIpc) is 2.03. The lowest BCUT2D eigenvalue weighted by Crippen LogP contribution is -2.04. The Morgan fingerprint density at radius 1 is 1.55 bits per heavy atom. The molecule has 0 saturated carbocycles. The van der Waals surface area contributed by atoms with Crippen LogP contribution in [0.25, 0.3) is 0 Å². The van der Waals surface area contributed by atoms with Crippen molar-refractivity contribution < 1.29 is 5.11 Å². The molecule has 0 saturated heterocycles. The first kappa shape index (κ1) is 10.4. The predicted octanol–water partition coefficient (Wildman–Crippen LogP) is 2.67. The van der Waals surface area contributed by atoms with Crippen molar-refractivity contribution in [3.8, 4) is 0 Å². The molecule has 0 rings (SSSR count). The van der Waals surface area contributed by atoms with E-state index in [1.165, 1.54) is 18.9 Å². The van der Waals surface area contributed by atoms with Gasteiger partial charge in [-0.3, -0.25) is 0 Å². The number of unbranched alkanes of at least 4 members (excludes halogenated alkanes) is 2. The minimum Gasteiger partial charge on any atom is -0.385 e. The lowest BCUT2D eigenvalue weighted by Gasteiger charge is -2.07. The van der Waals surface area contributed by atoms with Crippen LogP contribution in [0.4, 0.5) is 0 Å². The van der Waals surface area contributed by atoms with Crippen LogP contribution in [0, 0.1) is 0 Å². The van der Waals surface area contributed by atoms with Gasteiger partial charge in [0.25, 0.3) is 0 Å². The highest BCUT2D eigenvalue weighted by Gasteiger charge is 2.01. The summed E-state index contributed by atoms with van der Waals surface area (Å²) in [5.74, 6) is 0. The molecule has 0 spiro atoms. The second-order valence-electron chi connectivity index (χ2n) is 2.80. The van der Waals surface area contributed by atoms with Gasteiger partial charge in [-0.2, -0.15) is 0 Å². The Labute approximate surface area is 69.4 Å². The van der Waals surface area contributed by atoms with Crippen molar-refractivity contribution in [1.82, 2.24) is 0 Å². The lowest BCUT2D eigenvalue weighted by atomic mass is 10.0. The summed E-state index contributed by atoms with van der Waals surface area (Å²) in [4.78, 5) is 0. The van der Waals surface area contributed by atoms with Crippen LogP contribution in [-0.2, 0) is 0 Å². The molecule has 1 heteroatoms. The molecule has 64 valence electrons. The van der Waals surface area contributed by atoms with E-state index in [-0.39, 0.29) is 0 Å². The summed E-state index contributed by atoms with van der Waals surface area (Å²) in [7, 11) is 0. The molecule has 0 aliphatic carbocycles. The molecule has 0 aromatic rings. The molecule has 0 aromatic carbocycles. The molecule has 0 radical (unpaired) electrons. The monoisotopic (exact) mass is 154 g/mol. The molecule has 0 heterocycles. The van der Waals surface area contributed by atoms with Gasteiger partial charge in [-0.15, -0.1) is 6.58 Å². The van der Waals surface area contributed by atoms with E-state index < -0.39 is 6.10 Å². The van der Waals surface area contributed by atoms with E-state index in [1.54, 1.807) is 0 Å². The van der Waals surface area contributed by atoms with Crippen LogP contribution >= 0.6 is 0 Å². The quantitative estimate of drug-likeness (QED) is 0.460. The van der Waals surface area contributed by atoms with Crippen molar-refractivity contribution in [2.24, 2.45) is 0 Å². The predicted molar refractivity (Wildman–Crippen MR) is 49.5 cm³/mol. The summed E-state index contributed by atoms with van der Waals surface area (Å²) in [5, 5.41) is 9.21. The van der Waals surface area contributed by atoms with Gasteiger partial charge in [0.15, 0.2) is 0 Å². The fraction of sp³-hybridized carbons (Fsp3) is 0.600. The molecule has 0 aliphatic rings. The van der Waals surface area contributed by atoms with Gasteiger partial charge in [-0.1, -0.05) is 32.4 Å². The van der Waals surface area contributed by atoms with Gasteiger partial charge < -0.3 is 5.11 Å².